The Labute approximate surface area is 112 Å². The Kier molecular flexibility index (Phi) is 6.38. The van der Waals surface area contributed by atoms with Crippen molar-refractivity contribution in [1.82, 2.24) is 9.88 Å². The van der Waals surface area contributed by atoms with Gasteiger partial charge in [-0.05, 0) is 19.1 Å². The van der Waals surface area contributed by atoms with Gasteiger partial charge < -0.3 is 14.4 Å². The molecule has 0 radical (unpaired) electrons. The number of hydrogen-bond donors (Lipinski definition) is 0. The molecule has 0 saturated heterocycles. The zero-order chi connectivity index (χ0) is 14.3. The molecule has 0 aliphatic rings. The van der Waals surface area contributed by atoms with Crippen molar-refractivity contribution in [3.05, 3.63) is 29.8 Å². The molecule has 0 N–H and O–H groups in total. The normalized spacial score (nSPS) is 12.2. The summed E-state index contributed by atoms with van der Waals surface area (Å²) in [5, 5.41) is 0. The number of rotatable bonds is 7. The van der Waals surface area contributed by atoms with E-state index in [1.165, 1.54) is 18.2 Å². The molecule has 106 valence electrons. The van der Waals surface area contributed by atoms with Gasteiger partial charge in [0.1, 0.15) is 5.69 Å². The number of amides is 1. The van der Waals surface area contributed by atoms with Crippen LogP contribution in [0.3, 0.4) is 0 Å². The van der Waals surface area contributed by atoms with Crippen molar-refractivity contribution >= 4 is 5.91 Å². The molecule has 0 bridgehead atoms. The van der Waals surface area contributed by atoms with Gasteiger partial charge >= 0.3 is 0 Å². The van der Waals surface area contributed by atoms with E-state index < -0.39 is 5.95 Å². The van der Waals surface area contributed by atoms with E-state index in [0.29, 0.717) is 19.8 Å². The first-order valence-electron chi connectivity index (χ1n) is 6.01. The predicted molar refractivity (Wildman–Crippen MR) is 68.4 cm³/mol. The Hall–Kier alpha value is -1.53. The van der Waals surface area contributed by atoms with Gasteiger partial charge in [0.25, 0.3) is 5.91 Å². The van der Waals surface area contributed by atoms with E-state index in [2.05, 4.69) is 4.98 Å². The molecular weight excluding hydrogens is 251 g/mol. The summed E-state index contributed by atoms with van der Waals surface area (Å²) in [7, 11) is 3.12. The standard InChI is InChI=1S/C13H19FN2O3/c1-10(9-19-3)16(7-8-18-2)13(17)11-5-4-6-12(14)15-11/h4-6,10H,7-9H2,1-3H3. The minimum atomic E-state index is -0.670. The van der Waals surface area contributed by atoms with Gasteiger partial charge in [0.15, 0.2) is 0 Å². The molecular formula is C13H19FN2O3. The van der Waals surface area contributed by atoms with E-state index in [1.807, 2.05) is 6.92 Å². The second-order valence-corrected chi connectivity index (χ2v) is 4.14. The summed E-state index contributed by atoms with van der Waals surface area (Å²) < 4.78 is 23.1. The van der Waals surface area contributed by atoms with E-state index in [-0.39, 0.29) is 17.6 Å². The van der Waals surface area contributed by atoms with Crippen molar-refractivity contribution < 1.29 is 18.7 Å². The largest absolute Gasteiger partial charge is 0.383 e. The maximum Gasteiger partial charge on any atom is 0.272 e. The number of pyridine rings is 1. The third-order valence-electron chi connectivity index (χ3n) is 2.67. The van der Waals surface area contributed by atoms with Crippen LogP contribution in [-0.4, -0.2) is 55.8 Å². The first-order chi connectivity index (χ1) is 9.10. The molecule has 1 aromatic rings. The highest BCUT2D eigenvalue weighted by atomic mass is 19.1. The molecule has 0 fully saturated rings. The molecule has 1 rings (SSSR count). The van der Waals surface area contributed by atoms with Gasteiger partial charge in [-0.3, -0.25) is 4.79 Å². The molecule has 0 spiro atoms. The molecule has 1 heterocycles. The highest BCUT2D eigenvalue weighted by molar-refractivity contribution is 5.92. The van der Waals surface area contributed by atoms with E-state index in [1.54, 1.807) is 19.1 Å². The van der Waals surface area contributed by atoms with E-state index in [0.717, 1.165) is 0 Å². The molecule has 0 saturated carbocycles. The highest BCUT2D eigenvalue weighted by Gasteiger charge is 2.22. The lowest BCUT2D eigenvalue weighted by Gasteiger charge is -2.28. The van der Waals surface area contributed by atoms with Crippen molar-refractivity contribution in [2.75, 3.05) is 34.0 Å². The van der Waals surface area contributed by atoms with Crippen molar-refractivity contribution in [3.8, 4) is 0 Å². The minimum Gasteiger partial charge on any atom is -0.383 e. The molecule has 0 aliphatic carbocycles. The smallest absolute Gasteiger partial charge is 0.272 e. The summed E-state index contributed by atoms with van der Waals surface area (Å²) in [6.45, 7) is 3.05. The number of methoxy groups -OCH3 is 2. The molecule has 5 nitrogen and oxygen atoms in total. The summed E-state index contributed by atoms with van der Waals surface area (Å²) in [6.07, 6.45) is 0. The molecule has 1 aromatic heterocycles. The van der Waals surface area contributed by atoms with Crippen LogP contribution in [0.4, 0.5) is 4.39 Å². The van der Waals surface area contributed by atoms with Crippen LogP contribution in [0.5, 0.6) is 0 Å². The lowest BCUT2D eigenvalue weighted by atomic mass is 10.2. The van der Waals surface area contributed by atoms with Crippen molar-refractivity contribution in [1.29, 1.82) is 0 Å². The van der Waals surface area contributed by atoms with Crippen molar-refractivity contribution in [3.63, 3.8) is 0 Å². The molecule has 1 unspecified atom stereocenters. The van der Waals surface area contributed by atoms with Crippen LogP contribution in [0.1, 0.15) is 17.4 Å². The topological polar surface area (TPSA) is 51.7 Å². The zero-order valence-electron chi connectivity index (χ0n) is 11.4. The zero-order valence-corrected chi connectivity index (χ0v) is 11.4. The second kappa shape index (κ2) is 7.81. The highest BCUT2D eigenvalue weighted by Crippen LogP contribution is 2.08. The van der Waals surface area contributed by atoms with Crippen LogP contribution in [0.2, 0.25) is 0 Å². The van der Waals surface area contributed by atoms with Crippen LogP contribution >= 0.6 is 0 Å². The lowest BCUT2D eigenvalue weighted by molar-refractivity contribution is 0.0473. The third kappa shape index (κ3) is 4.57. The van der Waals surface area contributed by atoms with Crippen LogP contribution in [-0.2, 0) is 9.47 Å². The molecule has 0 aromatic carbocycles. The first kappa shape index (κ1) is 15.5. The average molecular weight is 270 g/mol. The first-order valence-corrected chi connectivity index (χ1v) is 6.01. The third-order valence-corrected chi connectivity index (χ3v) is 2.67. The summed E-state index contributed by atoms with van der Waals surface area (Å²) in [4.78, 5) is 17.5. The number of aromatic nitrogens is 1. The van der Waals surface area contributed by atoms with E-state index in [9.17, 15) is 9.18 Å². The maximum absolute atomic E-state index is 13.1. The molecule has 19 heavy (non-hydrogen) atoms. The molecule has 1 amide bonds. The molecule has 0 aliphatic heterocycles. The quantitative estimate of drug-likeness (QED) is 0.702. The van der Waals surface area contributed by atoms with E-state index >= 15 is 0 Å². The fraction of sp³-hybridized carbons (Fsp3) is 0.538. The van der Waals surface area contributed by atoms with Gasteiger partial charge in [0.05, 0.1) is 19.3 Å². The van der Waals surface area contributed by atoms with Crippen LogP contribution in [0, 0.1) is 5.95 Å². The summed E-state index contributed by atoms with van der Waals surface area (Å²) in [6, 6.07) is 4.02. The number of nitrogens with zero attached hydrogens (tertiary/aromatic N) is 2. The predicted octanol–water partition coefficient (Wildman–Crippen LogP) is 1.34. The number of hydrogen-bond acceptors (Lipinski definition) is 4. The number of carbonyl (C=O) groups excluding carboxylic acids is 1. The second-order valence-electron chi connectivity index (χ2n) is 4.14. The Morgan fingerprint density at radius 2 is 2.16 bits per heavy atom. The number of carbonyl (C=O) groups is 1. The number of halogens is 1. The van der Waals surface area contributed by atoms with Gasteiger partial charge in [0, 0.05) is 20.8 Å². The van der Waals surface area contributed by atoms with Gasteiger partial charge in [-0.15, -0.1) is 0 Å². The molecule has 1 atom stereocenters. The average Bonchev–Trinajstić information content (AvgIpc) is 2.39. The monoisotopic (exact) mass is 270 g/mol. The van der Waals surface area contributed by atoms with Crippen LogP contribution in [0.25, 0.3) is 0 Å². The van der Waals surface area contributed by atoms with Crippen LogP contribution < -0.4 is 0 Å². The summed E-state index contributed by atoms with van der Waals surface area (Å²) in [5.74, 6) is -1.00. The van der Waals surface area contributed by atoms with Crippen LogP contribution in [0.15, 0.2) is 18.2 Å². The van der Waals surface area contributed by atoms with Crippen molar-refractivity contribution in [2.24, 2.45) is 0 Å². The number of ether oxygens (including phenoxy) is 2. The summed E-state index contributed by atoms with van der Waals surface area (Å²) >= 11 is 0. The Balaban J connectivity index is 2.86. The lowest BCUT2D eigenvalue weighted by Crippen LogP contribution is -2.43. The fourth-order valence-electron chi connectivity index (χ4n) is 1.72. The van der Waals surface area contributed by atoms with Gasteiger partial charge in [-0.2, -0.15) is 4.39 Å². The Bertz CT molecular complexity index is 415. The minimum absolute atomic E-state index is 0.0825. The summed E-state index contributed by atoms with van der Waals surface area (Å²) in [5.41, 5.74) is 0.0825. The van der Waals surface area contributed by atoms with Gasteiger partial charge in [-0.25, -0.2) is 4.98 Å². The van der Waals surface area contributed by atoms with Crippen molar-refractivity contribution in [2.45, 2.75) is 13.0 Å². The maximum atomic E-state index is 13.1. The van der Waals surface area contributed by atoms with Gasteiger partial charge in [-0.1, -0.05) is 6.07 Å². The van der Waals surface area contributed by atoms with E-state index in [4.69, 9.17) is 9.47 Å². The fourth-order valence-corrected chi connectivity index (χ4v) is 1.72. The van der Waals surface area contributed by atoms with Gasteiger partial charge in [0.2, 0.25) is 5.95 Å². The Morgan fingerprint density at radius 3 is 2.74 bits per heavy atom. The Morgan fingerprint density at radius 1 is 1.42 bits per heavy atom. The SMILES string of the molecule is COCCN(C(=O)c1cccc(F)n1)C(C)COC. The molecule has 6 heteroatoms.